The highest BCUT2D eigenvalue weighted by Gasteiger charge is 2.19. The molecule has 0 N–H and O–H groups in total. The molecule has 0 heterocycles. The van der Waals surface area contributed by atoms with Crippen molar-refractivity contribution >= 4 is 17.9 Å². The fourth-order valence-electron chi connectivity index (χ4n) is 8.31. The first kappa shape index (κ1) is 59.4. The Labute approximate surface area is 380 Å². The molecule has 0 amide bonds. The molecule has 0 saturated carbocycles. The quantitative estimate of drug-likeness (QED) is 0.0344. The minimum absolute atomic E-state index is 0.0637. The molecule has 6 heteroatoms. The monoisotopic (exact) mass is 863 g/mol. The second kappa shape index (κ2) is 47.9. The summed E-state index contributed by atoms with van der Waals surface area (Å²) in [5.74, 6) is 0.843. The molecule has 1 unspecified atom stereocenters. The van der Waals surface area contributed by atoms with E-state index in [4.69, 9.17) is 14.2 Å². The van der Waals surface area contributed by atoms with Crippen LogP contribution in [0.3, 0.4) is 0 Å². The summed E-state index contributed by atoms with van der Waals surface area (Å²) in [6, 6.07) is 0. The molecule has 0 fully saturated rings. The van der Waals surface area contributed by atoms with Crippen LogP contribution in [0.4, 0.5) is 0 Å². The van der Waals surface area contributed by atoms with Crippen molar-refractivity contribution in [2.24, 2.45) is 11.8 Å². The highest BCUT2D eigenvalue weighted by Crippen LogP contribution is 2.18. The first-order valence-corrected chi connectivity index (χ1v) is 27.3. The average Bonchev–Trinajstić information content (AvgIpc) is 3.24. The first-order valence-electron chi connectivity index (χ1n) is 27.3. The van der Waals surface area contributed by atoms with Crippen LogP contribution in [-0.2, 0) is 28.6 Å². The van der Waals surface area contributed by atoms with Gasteiger partial charge in [-0.1, -0.05) is 266 Å². The van der Waals surface area contributed by atoms with Crippen LogP contribution in [0.5, 0.6) is 0 Å². The lowest BCUT2D eigenvalue weighted by Gasteiger charge is -2.18. The molecule has 0 radical (unpaired) electrons. The SMILES string of the molecule is CCCCCCCCCCCCCCCCC(=O)OC[C@@H](COC(=O)CCCCCCCCCCCCCCCCC(C)CC)OC(=O)CCCCCCCCCCC(C)C. The van der Waals surface area contributed by atoms with Crippen molar-refractivity contribution in [3.05, 3.63) is 0 Å². The summed E-state index contributed by atoms with van der Waals surface area (Å²) >= 11 is 0. The minimum Gasteiger partial charge on any atom is -0.462 e. The second-order valence-electron chi connectivity index (χ2n) is 19.6. The topological polar surface area (TPSA) is 78.9 Å². The number of carbonyl (C=O) groups is 3. The van der Waals surface area contributed by atoms with Crippen molar-refractivity contribution in [3.63, 3.8) is 0 Å². The standard InChI is InChI=1S/C55H106O6/c1-6-8-9-10-11-12-13-14-18-21-24-30-35-40-45-53(56)59-48-52(61-55(58)47-42-37-32-27-26-28-33-38-43-50(3)4)49-60-54(57)46-41-36-31-25-22-19-16-15-17-20-23-29-34-39-44-51(5)7-2/h50-52H,6-49H2,1-5H3/t51?,52-/m0/s1. The summed E-state index contributed by atoms with van der Waals surface area (Å²) in [6.45, 7) is 11.4. The maximum atomic E-state index is 12.8. The second-order valence-corrected chi connectivity index (χ2v) is 19.6. The van der Waals surface area contributed by atoms with Crippen LogP contribution in [0.15, 0.2) is 0 Å². The molecule has 0 aromatic heterocycles. The van der Waals surface area contributed by atoms with Gasteiger partial charge in [-0.05, 0) is 31.1 Å². The normalized spacial score (nSPS) is 12.5. The Morgan fingerprint density at radius 2 is 0.623 bits per heavy atom. The van der Waals surface area contributed by atoms with E-state index in [1.165, 1.54) is 193 Å². The fourth-order valence-corrected chi connectivity index (χ4v) is 8.31. The maximum absolute atomic E-state index is 12.8. The van der Waals surface area contributed by atoms with Gasteiger partial charge in [-0.3, -0.25) is 14.4 Å². The Morgan fingerprint density at radius 1 is 0.344 bits per heavy atom. The maximum Gasteiger partial charge on any atom is 0.306 e. The molecule has 0 saturated heterocycles. The van der Waals surface area contributed by atoms with Crippen LogP contribution in [0, 0.1) is 11.8 Å². The van der Waals surface area contributed by atoms with Gasteiger partial charge in [0.05, 0.1) is 0 Å². The molecular weight excluding hydrogens is 757 g/mol. The van der Waals surface area contributed by atoms with Crippen LogP contribution in [0.1, 0.15) is 304 Å². The number of rotatable bonds is 49. The van der Waals surface area contributed by atoms with E-state index in [2.05, 4.69) is 34.6 Å². The van der Waals surface area contributed by atoms with E-state index < -0.39 is 6.10 Å². The zero-order chi connectivity index (χ0) is 44.7. The van der Waals surface area contributed by atoms with Crippen molar-refractivity contribution < 1.29 is 28.6 Å². The van der Waals surface area contributed by atoms with Crippen LogP contribution >= 0.6 is 0 Å². The lowest BCUT2D eigenvalue weighted by atomic mass is 9.99. The highest BCUT2D eigenvalue weighted by atomic mass is 16.6. The molecule has 0 aromatic rings. The van der Waals surface area contributed by atoms with E-state index in [1.54, 1.807) is 0 Å². The highest BCUT2D eigenvalue weighted by molar-refractivity contribution is 5.71. The van der Waals surface area contributed by atoms with Crippen LogP contribution in [0.2, 0.25) is 0 Å². The number of esters is 3. The van der Waals surface area contributed by atoms with Gasteiger partial charge in [0.1, 0.15) is 13.2 Å². The third kappa shape index (κ3) is 47.7. The van der Waals surface area contributed by atoms with Gasteiger partial charge in [0.15, 0.2) is 6.10 Å². The summed E-state index contributed by atoms with van der Waals surface area (Å²) in [4.78, 5) is 38.0. The summed E-state index contributed by atoms with van der Waals surface area (Å²) in [5, 5.41) is 0. The average molecular weight is 863 g/mol. The first-order chi connectivity index (χ1) is 29.8. The molecule has 61 heavy (non-hydrogen) atoms. The van der Waals surface area contributed by atoms with Crippen molar-refractivity contribution in [3.8, 4) is 0 Å². The minimum atomic E-state index is -0.762. The molecule has 362 valence electrons. The summed E-state index contributed by atoms with van der Waals surface area (Å²) in [5.41, 5.74) is 0. The van der Waals surface area contributed by atoms with E-state index in [0.717, 1.165) is 69.6 Å². The van der Waals surface area contributed by atoms with E-state index in [9.17, 15) is 14.4 Å². The predicted octanol–water partition coefficient (Wildman–Crippen LogP) is 17.7. The van der Waals surface area contributed by atoms with Gasteiger partial charge in [0.25, 0.3) is 0 Å². The van der Waals surface area contributed by atoms with Gasteiger partial charge in [0.2, 0.25) is 0 Å². The Balaban J connectivity index is 4.26. The van der Waals surface area contributed by atoms with Crippen LogP contribution in [0.25, 0.3) is 0 Å². The zero-order valence-corrected chi connectivity index (χ0v) is 41.8. The molecule has 0 spiro atoms. The lowest BCUT2D eigenvalue weighted by Crippen LogP contribution is -2.30. The van der Waals surface area contributed by atoms with E-state index in [1.807, 2.05) is 0 Å². The number of hydrogen-bond donors (Lipinski definition) is 0. The lowest BCUT2D eigenvalue weighted by molar-refractivity contribution is -0.167. The van der Waals surface area contributed by atoms with E-state index in [-0.39, 0.29) is 31.1 Å². The van der Waals surface area contributed by atoms with Crippen molar-refractivity contribution in [2.45, 2.75) is 310 Å². The van der Waals surface area contributed by atoms with Crippen molar-refractivity contribution in [1.29, 1.82) is 0 Å². The van der Waals surface area contributed by atoms with E-state index in [0.29, 0.717) is 19.3 Å². The fraction of sp³-hybridized carbons (Fsp3) is 0.945. The largest absolute Gasteiger partial charge is 0.462 e. The summed E-state index contributed by atoms with van der Waals surface area (Å²) in [7, 11) is 0. The Kier molecular flexibility index (Phi) is 46.6. The molecule has 0 bridgehead atoms. The Bertz CT molecular complexity index is 933. The van der Waals surface area contributed by atoms with Gasteiger partial charge >= 0.3 is 17.9 Å². The number of carbonyl (C=O) groups excluding carboxylic acids is 3. The molecule has 2 atom stereocenters. The number of ether oxygens (including phenoxy) is 3. The summed E-state index contributed by atoms with van der Waals surface area (Å²) in [6.07, 6.45) is 49.4. The third-order valence-electron chi connectivity index (χ3n) is 12.8. The van der Waals surface area contributed by atoms with E-state index >= 15 is 0 Å². The van der Waals surface area contributed by atoms with Crippen molar-refractivity contribution in [1.82, 2.24) is 0 Å². The van der Waals surface area contributed by atoms with Crippen molar-refractivity contribution in [2.75, 3.05) is 13.2 Å². The zero-order valence-electron chi connectivity index (χ0n) is 41.8. The number of unbranched alkanes of at least 4 members (excludes halogenated alkanes) is 33. The molecule has 0 aliphatic rings. The van der Waals surface area contributed by atoms with Gasteiger partial charge in [0, 0.05) is 19.3 Å². The van der Waals surface area contributed by atoms with Crippen LogP contribution < -0.4 is 0 Å². The smallest absolute Gasteiger partial charge is 0.306 e. The Hall–Kier alpha value is -1.59. The van der Waals surface area contributed by atoms with Gasteiger partial charge in [-0.15, -0.1) is 0 Å². The molecule has 6 nitrogen and oxygen atoms in total. The number of hydrogen-bond acceptors (Lipinski definition) is 6. The van der Waals surface area contributed by atoms with Crippen LogP contribution in [-0.4, -0.2) is 37.2 Å². The molecule has 0 aromatic carbocycles. The Morgan fingerprint density at radius 3 is 0.934 bits per heavy atom. The molecule has 0 aliphatic carbocycles. The third-order valence-corrected chi connectivity index (χ3v) is 12.8. The predicted molar refractivity (Wildman–Crippen MR) is 261 cm³/mol. The summed E-state index contributed by atoms with van der Waals surface area (Å²) < 4.78 is 16.8. The molecule has 0 aliphatic heterocycles. The van der Waals surface area contributed by atoms with Gasteiger partial charge in [-0.25, -0.2) is 0 Å². The van der Waals surface area contributed by atoms with Gasteiger partial charge in [-0.2, -0.15) is 0 Å². The van der Waals surface area contributed by atoms with Gasteiger partial charge < -0.3 is 14.2 Å². The molecule has 0 rings (SSSR count). The molecular formula is C55H106O6.